The minimum Gasteiger partial charge on any atom is -1.00 e. The molecule has 0 unspecified atom stereocenters. The molecule has 0 atom stereocenters. The van der Waals surface area contributed by atoms with Crippen molar-refractivity contribution in [1.82, 2.24) is 0 Å². The zero-order chi connectivity index (χ0) is 11.4. The van der Waals surface area contributed by atoms with Gasteiger partial charge in [-0.3, -0.25) is 5.32 Å². The Morgan fingerprint density at radius 1 is 1.29 bits per heavy atom. The summed E-state index contributed by atoms with van der Waals surface area (Å²) in [6, 6.07) is 6.42. The largest absolute Gasteiger partial charge is 1.00 e. The fourth-order valence-electron chi connectivity index (χ4n) is 1.20. The Kier molecular flexibility index (Phi) is 4.50. The van der Waals surface area contributed by atoms with Crippen LogP contribution in [-0.2, 0) is 0 Å². The van der Waals surface area contributed by atoms with E-state index in [9.17, 15) is 4.79 Å². The van der Waals surface area contributed by atoms with Gasteiger partial charge in [-0.25, -0.2) is 4.79 Å². The first-order chi connectivity index (χ1) is 7.77. The van der Waals surface area contributed by atoms with Crippen molar-refractivity contribution in [3.8, 4) is 0 Å². The molecule has 0 aromatic heterocycles. The molecule has 0 saturated heterocycles. The molecule has 0 radical (unpaired) electrons. The Morgan fingerprint density at radius 2 is 2.06 bits per heavy atom. The maximum atomic E-state index is 10.9. The zero-order valence-electron chi connectivity index (χ0n) is 8.62. The number of benzene rings is 1. The van der Waals surface area contributed by atoms with E-state index < -0.39 is 5.97 Å². The van der Waals surface area contributed by atoms with Crippen molar-refractivity contribution in [3.05, 3.63) is 42.2 Å². The summed E-state index contributed by atoms with van der Waals surface area (Å²) >= 11 is 0. The van der Waals surface area contributed by atoms with Gasteiger partial charge >= 0.3 is 11.9 Å². The maximum absolute atomic E-state index is 10.9. The Hall–Kier alpha value is -2.05. The molecule has 6 nitrogen and oxygen atoms in total. The molecule has 1 aromatic carbocycles. The molecule has 1 aliphatic heterocycles. The van der Waals surface area contributed by atoms with Gasteiger partial charge in [0, 0.05) is 0 Å². The topological polar surface area (TPSA) is 91.0 Å². The first-order valence-corrected chi connectivity index (χ1v) is 4.59. The van der Waals surface area contributed by atoms with Crippen LogP contribution in [0.5, 0.6) is 0 Å². The Morgan fingerprint density at radius 3 is 2.71 bits per heavy atom. The lowest BCUT2D eigenvalue weighted by atomic mass is 10.2. The summed E-state index contributed by atoms with van der Waals surface area (Å²) in [5.41, 5.74) is 0.441. The second-order valence-corrected chi connectivity index (χ2v) is 3.02. The van der Waals surface area contributed by atoms with Crippen LogP contribution in [0.15, 0.2) is 51.9 Å². The highest BCUT2D eigenvalue weighted by atomic mass is 35.5. The van der Waals surface area contributed by atoms with Gasteiger partial charge in [0.25, 0.3) is 0 Å². The number of aliphatic imine (C=N–C) groups is 1. The van der Waals surface area contributed by atoms with Crippen LogP contribution in [0.4, 0.5) is 5.69 Å². The van der Waals surface area contributed by atoms with E-state index in [4.69, 9.17) is 5.11 Å². The summed E-state index contributed by atoms with van der Waals surface area (Å²) < 4.78 is 0. The van der Waals surface area contributed by atoms with E-state index in [1.54, 1.807) is 35.9 Å². The van der Waals surface area contributed by atoms with Crippen LogP contribution in [0, 0.1) is 0 Å². The smallest absolute Gasteiger partial charge is 0.349 e. The normalized spacial score (nSPS) is 13.5. The van der Waals surface area contributed by atoms with Gasteiger partial charge in [-0.15, -0.1) is 5.11 Å². The third-order valence-electron chi connectivity index (χ3n) is 1.93. The molecule has 17 heavy (non-hydrogen) atoms. The number of carboxylic acid groups (broad SMARTS) is 1. The molecular weight excluding hydrogens is 244 g/mol. The number of hydrogen-bond donors (Lipinski definition) is 2. The quantitative estimate of drug-likeness (QED) is 0.589. The van der Waals surface area contributed by atoms with Crippen molar-refractivity contribution in [1.29, 1.82) is 0 Å². The van der Waals surface area contributed by atoms with E-state index >= 15 is 0 Å². The maximum Gasteiger partial charge on any atom is 0.349 e. The fourth-order valence-corrected chi connectivity index (χ4v) is 1.20. The minimum absolute atomic E-state index is 0. The summed E-state index contributed by atoms with van der Waals surface area (Å²) in [6.45, 7) is 0. The molecule has 0 aliphatic carbocycles. The molecule has 88 valence electrons. The van der Waals surface area contributed by atoms with Crippen LogP contribution in [0.2, 0.25) is 0 Å². The average molecular weight is 253 g/mol. The number of azo groups is 1. The second-order valence-electron chi connectivity index (χ2n) is 3.02. The molecule has 0 spiro atoms. The molecule has 1 aliphatic rings. The van der Waals surface area contributed by atoms with E-state index in [0.717, 1.165) is 0 Å². The van der Waals surface area contributed by atoms with Gasteiger partial charge < -0.3 is 17.5 Å². The molecular formula is C10H9ClN4O2. The van der Waals surface area contributed by atoms with Gasteiger partial charge in [0.15, 0.2) is 0 Å². The zero-order valence-corrected chi connectivity index (χ0v) is 9.37. The Balaban J connectivity index is 0.00000144. The number of carbonyl (C=O) groups is 1. The highest BCUT2D eigenvalue weighted by molar-refractivity contribution is 5.93. The molecule has 3 N–H and O–H groups in total. The first-order valence-electron chi connectivity index (χ1n) is 4.59. The summed E-state index contributed by atoms with van der Waals surface area (Å²) in [6.07, 6.45) is 3.33. The van der Waals surface area contributed by atoms with Crippen molar-refractivity contribution in [2.75, 3.05) is 0 Å². The van der Waals surface area contributed by atoms with Crippen molar-refractivity contribution >= 4 is 17.6 Å². The number of hydrogen-bond acceptors (Lipinski definition) is 4. The van der Waals surface area contributed by atoms with E-state index in [1.807, 2.05) is 0 Å². The first kappa shape index (κ1) is 13.0. The van der Waals surface area contributed by atoms with Crippen molar-refractivity contribution in [3.63, 3.8) is 0 Å². The van der Waals surface area contributed by atoms with Crippen molar-refractivity contribution in [2.45, 2.75) is 0 Å². The number of nitrogens with two attached hydrogens (primary N) is 1. The molecule has 1 heterocycles. The van der Waals surface area contributed by atoms with Gasteiger partial charge in [0.05, 0.1) is 11.8 Å². The van der Waals surface area contributed by atoms with Crippen LogP contribution in [0.1, 0.15) is 10.4 Å². The number of nitrogens with zero attached hydrogens (tertiary/aromatic N) is 3. The average Bonchev–Trinajstić information content (AvgIpc) is 2.79. The van der Waals surface area contributed by atoms with Gasteiger partial charge in [0.2, 0.25) is 0 Å². The Bertz CT molecular complexity index is 511. The van der Waals surface area contributed by atoms with Crippen molar-refractivity contribution < 1.29 is 27.6 Å². The lowest BCUT2D eigenvalue weighted by Crippen LogP contribution is -3.00. The van der Waals surface area contributed by atoms with E-state index in [0.29, 0.717) is 11.6 Å². The summed E-state index contributed by atoms with van der Waals surface area (Å²) in [4.78, 5) is 14.8. The van der Waals surface area contributed by atoms with Gasteiger partial charge in [-0.1, -0.05) is 17.2 Å². The van der Waals surface area contributed by atoms with Gasteiger partial charge in [0.1, 0.15) is 11.9 Å². The minimum atomic E-state index is -1.02. The molecule has 0 bridgehead atoms. The van der Waals surface area contributed by atoms with E-state index in [-0.39, 0.29) is 18.0 Å². The number of halogens is 1. The van der Waals surface area contributed by atoms with Crippen LogP contribution >= 0.6 is 0 Å². The van der Waals surface area contributed by atoms with Crippen LogP contribution < -0.4 is 17.7 Å². The highest BCUT2D eigenvalue weighted by Gasteiger charge is 2.09. The number of rotatable bonds is 2. The SMILES string of the molecule is O=C(O)c1ccccc1N=NC1=NC=C[NH2+]1.[Cl-]. The number of carboxylic acids is 1. The Labute approximate surface area is 103 Å². The molecule has 2 rings (SSSR count). The van der Waals surface area contributed by atoms with Crippen LogP contribution in [-0.4, -0.2) is 17.0 Å². The van der Waals surface area contributed by atoms with Crippen LogP contribution in [0.3, 0.4) is 0 Å². The van der Waals surface area contributed by atoms with Gasteiger partial charge in [-0.05, 0) is 12.1 Å². The second kappa shape index (κ2) is 5.88. The van der Waals surface area contributed by atoms with Crippen LogP contribution in [0.25, 0.3) is 0 Å². The third-order valence-corrected chi connectivity index (χ3v) is 1.93. The lowest BCUT2D eigenvalue weighted by Gasteiger charge is -1.97. The molecule has 1 aromatic rings. The lowest BCUT2D eigenvalue weighted by molar-refractivity contribution is -0.459. The summed E-state index contributed by atoms with van der Waals surface area (Å²) in [5.74, 6) is -0.565. The summed E-state index contributed by atoms with van der Waals surface area (Å²) in [5, 5.41) is 18.3. The summed E-state index contributed by atoms with van der Waals surface area (Å²) in [7, 11) is 0. The third kappa shape index (κ3) is 3.20. The highest BCUT2D eigenvalue weighted by Crippen LogP contribution is 2.18. The van der Waals surface area contributed by atoms with E-state index in [1.165, 1.54) is 6.07 Å². The number of quaternary nitrogens is 1. The monoisotopic (exact) mass is 252 g/mol. The fraction of sp³-hybridized carbons (Fsp3) is 0. The van der Waals surface area contributed by atoms with Crippen molar-refractivity contribution in [2.24, 2.45) is 15.2 Å². The predicted molar refractivity (Wildman–Crippen MR) is 56.4 cm³/mol. The van der Waals surface area contributed by atoms with Gasteiger partial charge in [-0.2, -0.15) is 4.99 Å². The number of guanidine groups is 1. The predicted octanol–water partition coefficient (Wildman–Crippen LogP) is -2.12. The standard InChI is InChI=1S/C10H8N4O2.ClH/c15-9(16)7-3-1-2-4-8(7)13-14-10-11-5-6-12-10;/h1-6H,(H,11,12)(H,15,16);1H. The van der Waals surface area contributed by atoms with E-state index in [2.05, 4.69) is 15.2 Å². The molecule has 7 heteroatoms. The molecule has 0 saturated carbocycles. The molecule has 0 fully saturated rings. The number of aromatic carboxylic acids is 1. The molecule has 0 amide bonds.